The molecule has 0 N–H and O–H groups in total. The van der Waals surface area contributed by atoms with E-state index in [1.54, 1.807) is 47.7 Å². The second kappa shape index (κ2) is 11.3. The molecule has 178 valence electrons. The fourth-order valence-electron chi connectivity index (χ4n) is 2.83. The van der Waals surface area contributed by atoms with Crippen molar-refractivity contribution in [1.82, 2.24) is 0 Å². The lowest BCUT2D eigenvalue weighted by Crippen LogP contribution is -2.20. The molecule has 0 aliphatic heterocycles. The highest BCUT2D eigenvalue weighted by molar-refractivity contribution is 14.1. The summed E-state index contributed by atoms with van der Waals surface area (Å²) in [6.45, 7) is 2.93. The van der Waals surface area contributed by atoms with Crippen molar-refractivity contribution in [2.75, 3.05) is 14.2 Å². The number of hydrogen-bond donors (Lipinski definition) is 0. The van der Waals surface area contributed by atoms with Gasteiger partial charge in [-0.25, -0.2) is 9.18 Å². The summed E-state index contributed by atoms with van der Waals surface area (Å²) < 4.78 is 61.3. The average molecular weight is 582 g/mol. The zero-order chi connectivity index (χ0) is 24.8. The van der Waals surface area contributed by atoms with E-state index in [4.69, 9.17) is 14.4 Å². The number of nitrogens with zero attached hydrogens (tertiary/aromatic N) is 2. The number of alkyl halides is 3. The molecule has 2 aromatic carbocycles. The van der Waals surface area contributed by atoms with Gasteiger partial charge in [-0.1, -0.05) is 28.5 Å². The zero-order valence-electron chi connectivity index (χ0n) is 17.9. The third-order valence-corrected chi connectivity index (χ3v) is 5.17. The van der Waals surface area contributed by atoms with Gasteiger partial charge in [0.05, 0.1) is 18.4 Å². The molecule has 2 aromatic rings. The van der Waals surface area contributed by atoms with Crippen LogP contribution in [-0.2, 0) is 25.8 Å². The number of oxime groups is 2. The van der Waals surface area contributed by atoms with Gasteiger partial charge < -0.3 is 19.1 Å². The van der Waals surface area contributed by atoms with Gasteiger partial charge in [-0.05, 0) is 54.1 Å². The summed E-state index contributed by atoms with van der Waals surface area (Å²) in [5, 5.41) is 7.56. The van der Waals surface area contributed by atoms with Crippen molar-refractivity contribution in [3.63, 3.8) is 0 Å². The van der Waals surface area contributed by atoms with Gasteiger partial charge in [-0.3, -0.25) is 0 Å². The fraction of sp³-hybridized carbons (Fsp3) is 0.286. The number of methoxy groups -OCH3 is 1. The first-order valence-electron chi connectivity index (χ1n) is 9.19. The predicted octanol–water partition coefficient (Wildman–Crippen LogP) is 5.10. The van der Waals surface area contributed by atoms with Crippen LogP contribution in [0.2, 0.25) is 0 Å². The number of aryl methyl sites for hydroxylation is 1. The first kappa shape index (κ1) is 26.4. The van der Waals surface area contributed by atoms with E-state index >= 15 is 0 Å². The summed E-state index contributed by atoms with van der Waals surface area (Å²) >= 11 is 1.74. The van der Waals surface area contributed by atoms with Crippen molar-refractivity contribution < 1.29 is 41.5 Å². The van der Waals surface area contributed by atoms with Crippen LogP contribution in [0.15, 0.2) is 40.6 Å². The Morgan fingerprint density at radius 1 is 1.12 bits per heavy atom. The summed E-state index contributed by atoms with van der Waals surface area (Å²) in [4.78, 5) is 22.2. The van der Waals surface area contributed by atoms with Crippen LogP contribution in [0.1, 0.15) is 29.2 Å². The van der Waals surface area contributed by atoms with Crippen molar-refractivity contribution in [3.8, 4) is 5.75 Å². The van der Waals surface area contributed by atoms with Crippen LogP contribution in [0.5, 0.6) is 5.75 Å². The van der Waals surface area contributed by atoms with E-state index in [0.29, 0.717) is 11.1 Å². The third kappa shape index (κ3) is 6.79. The highest BCUT2D eigenvalue weighted by atomic mass is 127. The lowest BCUT2D eigenvalue weighted by Gasteiger charge is -2.15. The van der Waals surface area contributed by atoms with Gasteiger partial charge in [0.2, 0.25) is 0 Å². The molecule has 0 saturated heterocycles. The van der Waals surface area contributed by atoms with Gasteiger partial charge in [-0.15, -0.1) is 13.2 Å². The second-order valence-electron chi connectivity index (χ2n) is 6.45. The molecule has 0 bridgehead atoms. The van der Waals surface area contributed by atoms with Crippen molar-refractivity contribution in [3.05, 3.63) is 62.0 Å². The van der Waals surface area contributed by atoms with Crippen LogP contribution in [-0.4, -0.2) is 38.0 Å². The van der Waals surface area contributed by atoms with Crippen molar-refractivity contribution in [2.24, 2.45) is 10.3 Å². The molecule has 0 aliphatic rings. The van der Waals surface area contributed by atoms with Crippen molar-refractivity contribution in [2.45, 2.75) is 26.8 Å². The monoisotopic (exact) mass is 582 g/mol. The minimum atomic E-state index is -5.10. The van der Waals surface area contributed by atoms with E-state index in [1.807, 2.05) is 0 Å². The fourth-order valence-corrected chi connectivity index (χ4v) is 3.64. The van der Waals surface area contributed by atoms with Crippen LogP contribution in [0.25, 0.3) is 0 Å². The summed E-state index contributed by atoms with van der Waals surface area (Å²) in [5.74, 6) is -2.94. The molecule has 0 aromatic heterocycles. The van der Waals surface area contributed by atoms with Gasteiger partial charge in [0.15, 0.2) is 17.3 Å². The number of rotatable bonds is 8. The predicted molar refractivity (Wildman–Crippen MR) is 120 cm³/mol. The Bertz CT molecular complexity index is 1090. The summed E-state index contributed by atoms with van der Waals surface area (Å²) in [6, 6.07) is 7.19. The topological polar surface area (TPSA) is 78.7 Å². The van der Waals surface area contributed by atoms with E-state index < -0.39 is 23.9 Å². The molecule has 0 spiro atoms. The quantitative estimate of drug-likeness (QED) is 0.142. The Morgan fingerprint density at radius 2 is 1.82 bits per heavy atom. The van der Waals surface area contributed by atoms with E-state index in [-0.39, 0.29) is 27.2 Å². The lowest BCUT2D eigenvalue weighted by atomic mass is 9.99. The van der Waals surface area contributed by atoms with E-state index in [1.165, 1.54) is 27.2 Å². The van der Waals surface area contributed by atoms with E-state index in [0.717, 1.165) is 11.6 Å². The van der Waals surface area contributed by atoms with Gasteiger partial charge >= 0.3 is 12.3 Å². The summed E-state index contributed by atoms with van der Waals surface area (Å²) in [6.07, 6.45) is -5.10. The normalized spacial score (nSPS) is 12.4. The number of ether oxygens (including phenoxy) is 2. The second-order valence-corrected chi connectivity index (χ2v) is 7.61. The number of halogens is 5. The Kier molecular flexibility index (Phi) is 9.02. The third-order valence-electron chi connectivity index (χ3n) is 4.28. The maximum absolute atomic E-state index is 14.1. The number of benzene rings is 2. The lowest BCUT2D eigenvalue weighted by molar-refractivity contribution is -0.275. The van der Waals surface area contributed by atoms with E-state index in [2.05, 4.69) is 15.0 Å². The van der Waals surface area contributed by atoms with Crippen molar-refractivity contribution >= 4 is 40.0 Å². The Labute approximate surface area is 200 Å². The minimum absolute atomic E-state index is 0.0490. The van der Waals surface area contributed by atoms with Crippen LogP contribution in [0.4, 0.5) is 17.6 Å². The molecular formula is C21H19F4IN2O5. The van der Waals surface area contributed by atoms with E-state index in [9.17, 15) is 22.4 Å². The highest BCUT2D eigenvalue weighted by Crippen LogP contribution is 2.33. The molecule has 0 fully saturated rings. The number of carbonyl (C=O) groups is 1. The minimum Gasteiger partial charge on any atom is -0.464 e. The largest absolute Gasteiger partial charge is 0.573 e. The van der Waals surface area contributed by atoms with Gasteiger partial charge in [0, 0.05) is 14.7 Å². The van der Waals surface area contributed by atoms with Crippen LogP contribution in [0.3, 0.4) is 0 Å². The number of hydrogen-bond acceptors (Lipinski definition) is 7. The molecule has 0 amide bonds. The first-order chi connectivity index (χ1) is 15.5. The van der Waals surface area contributed by atoms with Crippen LogP contribution < -0.4 is 4.74 Å². The molecule has 0 heterocycles. The molecule has 7 nitrogen and oxygen atoms in total. The molecule has 0 aliphatic carbocycles. The number of esters is 1. The molecule has 0 saturated carbocycles. The Hall–Kier alpha value is -2.90. The molecule has 0 unspecified atom stereocenters. The van der Waals surface area contributed by atoms with Crippen LogP contribution >= 0.6 is 22.6 Å². The maximum atomic E-state index is 14.1. The SMILES string of the molecule is CO/N=C(/C(=O)OC)c1cccc(C)c1CO/N=C(\C)c1c(I)ccc(F)c1OC(F)(F)F. The Balaban J connectivity index is 2.40. The van der Waals surface area contributed by atoms with Gasteiger partial charge in [0.1, 0.15) is 13.7 Å². The molecule has 2 rings (SSSR count). The molecule has 33 heavy (non-hydrogen) atoms. The summed E-state index contributed by atoms with van der Waals surface area (Å²) in [7, 11) is 2.46. The van der Waals surface area contributed by atoms with Crippen molar-refractivity contribution in [1.29, 1.82) is 0 Å². The summed E-state index contributed by atoms with van der Waals surface area (Å²) in [5.41, 5.74) is 1.23. The molecular weight excluding hydrogens is 563 g/mol. The molecule has 0 atom stereocenters. The zero-order valence-corrected chi connectivity index (χ0v) is 20.1. The molecule has 0 radical (unpaired) electrons. The maximum Gasteiger partial charge on any atom is 0.573 e. The van der Waals surface area contributed by atoms with Gasteiger partial charge in [-0.2, -0.15) is 0 Å². The average Bonchev–Trinajstić information content (AvgIpc) is 2.74. The van der Waals surface area contributed by atoms with Crippen LogP contribution in [0, 0.1) is 16.3 Å². The molecule has 12 heteroatoms. The highest BCUT2D eigenvalue weighted by Gasteiger charge is 2.34. The van der Waals surface area contributed by atoms with Gasteiger partial charge in [0.25, 0.3) is 0 Å². The Morgan fingerprint density at radius 3 is 2.42 bits per heavy atom. The first-order valence-corrected chi connectivity index (χ1v) is 10.3. The smallest absolute Gasteiger partial charge is 0.464 e. The number of carbonyl (C=O) groups excluding carboxylic acids is 1. The standard InChI is InChI=1S/C21H19F4IN2O5/c1-11-6-5-7-13(18(28-31-4)20(29)30-3)14(11)10-32-27-12(2)17-16(26)9-8-15(22)19(17)33-21(23,24)25/h5-9H,10H2,1-4H3/b27-12+,28-18+.